The standard InChI is InChI=1S/C15H20N2O3/c1-15(14(19)20)8-2-3-11-17(15)13(18)5-4-12-6-9-16-10-7-12/h6-7,9-10H,2-5,8,11H2,1H3,(H,19,20)/t15-/m1/s1. The highest BCUT2D eigenvalue weighted by molar-refractivity contribution is 5.87. The van der Waals surface area contributed by atoms with E-state index in [0.717, 1.165) is 18.4 Å². The van der Waals surface area contributed by atoms with Crippen LogP contribution in [0.25, 0.3) is 0 Å². The van der Waals surface area contributed by atoms with Crippen LogP contribution in [0.1, 0.15) is 38.2 Å². The molecule has 5 nitrogen and oxygen atoms in total. The van der Waals surface area contributed by atoms with Crippen molar-refractivity contribution in [2.24, 2.45) is 0 Å². The van der Waals surface area contributed by atoms with E-state index in [9.17, 15) is 14.7 Å². The van der Waals surface area contributed by atoms with Crippen molar-refractivity contribution < 1.29 is 14.7 Å². The molecule has 20 heavy (non-hydrogen) atoms. The molecule has 2 rings (SSSR count). The van der Waals surface area contributed by atoms with E-state index < -0.39 is 11.5 Å². The molecule has 0 aromatic carbocycles. The Morgan fingerprint density at radius 3 is 2.70 bits per heavy atom. The van der Waals surface area contributed by atoms with Crippen LogP contribution >= 0.6 is 0 Å². The molecule has 1 aliphatic rings. The van der Waals surface area contributed by atoms with E-state index in [1.807, 2.05) is 12.1 Å². The second-order valence-electron chi connectivity index (χ2n) is 5.44. The first-order valence-corrected chi connectivity index (χ1v) is 6.97. The molecule has 1 aromatic heterocycles. The van der Waals surface area contributed by atoms with Crippen LogP contribution < -0.4 is 0 Å². The molecule has 0 aliphatic carbocycles. The molecule has 0 unspecified atom stereocenters. The molecule has 0 saturated carbocycles. The zero-order valence-electron chi connectivity index (χ0n) is 11.7. The molecule has 2 heterocycles. The second-order valence-corrected chi connectivity index (χ2v) is 5.44. The molecule has 1 aromatic rings. The Morgan fingerprint density at radius 1 is 1.35 bits per heavy atom. The van der Waals surface area contributed by atoms with Gasteiger partial charge < -0.3 is 10.0 Å². The van der Waals surface area contributed by atoms with Crippen LogP contribution in [0.5, 0.6) is 0 Å². The maximum Gasteiger partial charge on any atom is 0.329 e. The number of hydrogen-bond acceptors (Lipinski definition) is 3. The molecule has 1 saturated heterocycles. The van der Waals surface area contributed by atoms with Crippen LogP contribution in [-0.4, -0.2) is 39.0 Å². The number of amides is 1. The number of carbonyl (C=O) groups excluding carboxylic acids is 1. The van der Waals surface area contributed by atoms with Gasteiger partial charge in [0.25, 0.3) is 0 Å². The summed E-state index contributed by atoms with van der Waals surface area (Å²) in [7, 11) is 0. The summed E-state index contributed by atoms with van der Waals surface area (Å²) in [4.78, 5) is 29.3. The average Bonchev–Trinajstić information content (AvgIpc) is 2.46. The van der Waals surface area contributed by atoms with Gasteiger partial charge in [0.1, 0.15) is 5.54 Å². The normalized spacial score (nSPS) is 22.6. The number of nitrogens with zero attached hydrogens (tertiary/aromatic N) is 2. The Bertz CT molecular complexity index is 489. The molecule has 5 heteroatoms. The summed E-state index contributed by atoms with van der Waals surface area (Å²) < 4.78 is 0. The van der Waals surface area contributed by atoms with E-state index in [2.05, 4.69) is 4.98 Å². The Kier molecular flexibility index (Phi) is 4.37. The third-order valence-corrected chi connectivity index (χ3v) is 4.03. The first kappa shape index (κ1) is 14.5. The monoisotopic (exact) mass is 276 g/mol. The highest BCUT2D eigenvalue weighted by Gasteiger charge is 2.43. The number of piperidine rings is 1. The van der Waals surface area contributed by atoms with Crippen LogP contribution in [0.15, 0.2) is 24.5 Å². The highest BCUT2D eigenvalue weighted by atomic mass is 16.4. The number of rotatable bonds is 4. The van der Waals surface area contributed by atoms with Crippen molar-refractivity contribution in [3.8, 4) is 0 Å². The minimum absolute atomic E-state index is 0.0774. The van der Waals surface area contributed by atoms with Gasteiger partial charge in [0, 0.05) is 25.4 Å². The van der Waals surface area contributed by atoms with Gasteiger partial charge in [-0.25, -0.2) is 4.79 Å². The van der Waals surface area contributed by atoms with Crippen molar-refractivity contribution in [3.05, 3.63) is 30.1 Å². The average molecular weight is 276 g/mol. The predicted molar refractivity (Wildman–Crippen MR) is 74.2 cm³/mol. The van der Waals surface area contributed by atoms with Gasteiger partial charge >= 0.3 is 5.97 Å². The van der Waals surface area contributed by atoms with Gasteiger partial charge in [-0.3, -0.25) is 9.78 Å². The van der Waals surface area contributed by atoms with Crippen molar-refractivity contribution in [3.63, 3.8) is 0 Å². The number of aryl methyl sites for hydroxylation is 1. The molecular formula is C15H20N2O3. The van der Waals surface area contributed by atoms with E-state index in [1.165, 1.54) is 0 Å². The van der Waals surface area contributed by atoms with Gasteiger partial charge in [-0.1, -0.05) is 0 Å². The largest absolute Gasteiger partial charge is 0.480 e. The molecular weight excluding hydrogens is 256 g/mol. The van der Waals surface area contributed by atoms with Gasteiger partial charge in [-0.05, 0) is 50.3 Å². The fourth-order valence-corrected chi connectivity index (χ4v) is 2.68. The number of aliphatic carboxylic acids is 1. The van der Waals surface area contributed by atoms with Crippen molar-refractivity contribution in [1.82, 2.24) is 9.88 Å². The lowest BCUT2D eigenvalue weighted by Gasteiger charge is -2.41. The zero-order chi connectivity index (χ0) is 14.6. The summed E-state index contributed by atoms with van der Waals surface area (Å²) in [6.45, 7) is 2.19. The number of carbonyl (C=O) groups is 2. The maximum absolute atomic E-state index is 12.3. The quantitative estimate of drug-likeness (QED) is 0.911. The number of carboxylic acids is 1. The smallest absolute Gasteiger partial charge is 0.329 e. The first-order chi connectivity index (χ1) is 9.54. The number of likely N-dealkylation sites (tertiary alicyclic amines) is 1. The van der Waals surface area contributed by atoms with Gasteiger partial charge in [0.05, 0.1) is 0 Å². The molecule has 1 fully saturated rings. The van der Waals surface area contributed by atoms with Gasteiger partial charge in [0.15, 0.2) is 0 Å². The number of pyridine rings is 1. The highest BCUT2D eigenvalue weighted by Crippen LogP contribution is 2.29. The first-order valence-electron chi connectivity index (χ1n) is 6.97. The van der Waals surface area contributed by atoms with Gasteiger partial charge in [-0.15, -0.1) is 0 Å². The summed E-state index contributed by atoms with van der Waals surface area (Å²) in [5.74, 6) is -0.985. The van der Waals surface area contributed by atoms with Crippen LogP contribution in [0.4, 0.5) is 0 Å². The Balaban J connectivity index is 2.02. The van der Waals surface area contributed by atoms with Crippen LogP contribution in [0, 0.1) is 0 Å². The van der Waals surface area contributed by atoms with Crippen molar-refractivity contribution in [1.29, 1.82) is 0 Å². The third kappa shape index (κ3) is 2.98. The zero-order valence-corrected chi connectivity index (χ0v) is 11.7. The van der Waals surface area contributed by atoms with Crippen LogP contribution in [0.3, 0.4) is 0 Å². The summed E-state index contributed by atoms with van der Waals surface area (Å²) in [6.07, 6.45) is 6.62. The molecule has 108 valence electrons. The summed E-state index contributed by atoms with van der Waals surface area (Å²) >= 11 is 0. The lowest BCUT2D eigenvalue weighted by molar-refractivity contribution is -0.160. The fraction of sp³-hybridized carbons (Fsp3) is 0.533. The minimum atomic E-state index is -1.05. The van der Waals surface area contributed by atoms with Crippen molar-refractivity contribution in [2.45, 2.75) is 44.6 Å². The molecule has 1 N–H and O–H groups in total. The lowest BCUT2D eigenvalue weighted by Crippen LogP contribution is -2.57. The van der Waals surface area contributed by atoms with E-state index in [0.29, 0.717) is 25.8 Å². The molecule has 1 amide bonds. The summed E-state index contributed by atoms with van der Waals surface area (Å²) in [6, 6.07) is 3.75. The lowest BCUT2D eigenvalue weighted by atomic mass is 9.88. The van der Waals surface area contributed by atoms with E-state index in [4.69, 9.17) is 0 Å². The summed E-state index contributed by atoms with van der Waals surface area (Å²) in [5.41, 5.74) is -0.00416. The van der Waals surface area contributed by atoms with Crippen molar-refractivity contribution in [2.75, 3.05) is 6.54 Å². The van der Waals surface area contributed by atoms with E-state index in [-0.39, 0.29) is 5.91 Å². The summed E-state index contributed by atoms with van der Waals surface area (Å²) in [5, 5.41) is 9.40. The van der Waals surface area contributed by atoms with Gasteiger partial charge in [0.2, 0.25) is 5.91 Å². The van der Waals surface area contributed by atoms with E-state index >= 15 is 0 Å². The number of hydrogen-bond donors (Lipinski definition) is 1. The second kappa shape index (κ2) is 6.03. The Morgan fingerprint density at radius 2 is 2.05 bits per heavy atom. The van der Waals surface area contributed by atoms with E-state index in [1.54, 1.807) is 24.2 Å². The molecule has 0 spiro atoms. The SMILES string of the molecule is C[C@]1(C(=O)O)CCCCN1C(=O)CCc1ccncc1. The van der Waals surface area contributed by atoms with Crippen molar-refractivity contribution >= 4 is 11.9 Å². The topological polar surface area (TPSA) is 70.5 Å². The van der Waals surface area contributed by atoms with Gasteiger partial charge in [-0.2, -0.15) is 0 Å². The maximum atomic E-state index is 12.3. The van der Waals surface area contributed by atoms with Crippen LogP contribution in [0.2, 0.25) is 0 Å². The number of carboxylic acid groups (broad SMARTS) is 1. The molecule has 1 atom stereocenters. The molecule has 0 radical (unpaired) electrons. The molecule has 0 bridgehead atoms. The number of aromatic nitrogens is 1. The third-order valence-electron chi connectivity index (χ3n) is 4.03. The molecule has 1 aliphatic heterocycles. The van der Waals surface area contributed by atoms with Crippen LogP contribution in [-0.2, 0) is 16.0 Å². The fourth-order valence-electron chi connectivity index (χ4n) is 2.68. The minimum Gasteiger partial charge on any atom is -0.480 e. The predicted octanol–water partition coefficient (Wildman–Crippen LogP) is 1.87. The Hall–Kier alpha value is -1.91. The Labute approximate surface area is 118 Å².